The first kappa shape index (κ1) is 17.1. The molecule has 0 aliphatic heterocycles. The summed E-state index contributed by atoms with van der Waals surface area (Å²) in [7, 11) is -1.08. The number of ether oxygens (including phenoxy) is 1. The predicted octanol–water partition coefficient (Wildman–Crippen LogP) is 3.40. The molecule has 0 spiro atoms. The van der Waals surface area contributed by atoms with Crippen LogP contribution in [0.5, 0.6) is 0 Å². The van der Waals surface area contributed by atoms with Gasteiger partial charge in [-0.1, -0.05) is 0 Å². The molecule has 0 radical (unpaired) electrons. The van der Waals surface area contributed by atoms with Gasteiger partial charge in [0, 0.05) is 0 Å². The van der Waals surface area contributed by atoms with Crippen molar-refractivity contribution in [3.63, 3.8) is 0 Å². The van der Waals surface area contributed by atoms with E-state index in [-0.39, 0.29) is 5.97 Å². The Morgan fingerprint density at radius 1 is 0.720 bits per heavy atom. The van der Waals surface area contributed by atoms with Crippen LogP contribution in [-0.2, 0) is 9.53 Å². The molecule has 3 aromatic carbocycles. The quantitative estimate of drug-likeness (QED) is 0.401. The molecule has 3 heteroatoms. The Bertz CT molecular complexity index is 746. The maximum atomic E-state index is 11.9. The summed E-state index contributed by atoms with van der Waals surface area (Å²) in [5, 5.41) is 3.69. The molecule has 0 aromatic heterocycles. The third kappa shape index (κ3) is 3.55. The Morgan fingerprint density at radius 2 is 1.08 bits per heavy atom. The molecule has 0 bridgehead atoms. The van der Waals surface area contributed by atoms with E-state index in [0.29, 0.717) is 0 Å². The minimum atomic E-state index is -2.48. The Labute approximate surface area is 149 Å². The normalized spacial score (nSPS) is 12.0. The summed E-state index contributed by atoms with van der Waals surface area (Å²) in [5.41, 5.74) is 0. The van der Waals surface area contributed by atoms with Gasteiger partial charge in [0.15, 0.2) is 0 Å². The average molecular weight is 348 g/mol. The zero-order valence-electron chi connectivity index (χ0n) is 14.1. The van der Waals surface area contributed by atoms with E-state index in [1.807, 2.05) is 18.2 Å². The topological polar surface area (TPSA) is 26.3 Å². The molecule has 2 nitrogen and oxygen atoms in total. The summed E-state index contributed by atoms with van der Waals surface area (Å²) in [6, 6.07) is 31.2. The zero-order valence-corrected chi connectivity index (χ0v) is 15.1. The molecule has 0 aliphatic carbocycles. The van der Waals surface area contributed by atoms with Crippen LogP contribution in [0.3, 0.4) is 0 Å². The molecule has 126 valence electrons. The molecule has 0 fully saturated rings. The van der Waals surface area contributed by atoms with Gasteiger partial charge in [-0.3, -0.25) is 0 Å². The number of benzene rings is 3. The van der Waals surface area contributed by atoms with Crippen molar-refractivity contribution in [2.24, 2.45) is 0 Å². The van der Waals surface area contributed by atoms with Gasteiger partial charge in [0.25, 0.3) is 0 Å². The summed E-state index contributed by atoms with van der Waals surface area (Å²) < 4.78 is 4.85. The van der Waals surface area contributed by atoms with E-state index < -0.39 is 7.26 Å². The second-order valence-electron chi connectivity index (χ2n) is 5.76. The molecule has 0 atom stereocenters. The van der Waals surface area contributed by atoms with Crippen LogP contribution in [0.25, 0.3) is 0 Å². The fraction of sp³-hybridized carbons (Fsp3) is 0.0455. The van der Waals surface area contributed by atoms with Crippen LogP contribution in [0, 0.1) is 0 Å². The van der Waals surface area contributed by atoms with Gasteiger partial charge < -0.3 is 0 Å². The summed E-state index contributed by atoms with van der Waals surface area (Å²) in [5.74, 6) is 1.73. The Kier molecular flexibility index (Phi) is 5.42. The number of carbonyl (C=O) groups is 1. The van der Waals surface area contributed by atoms with Crippen molar-refractivity contribution < 1.29 is 9.53 Å². The van der Waals surface area contributed by atoms with Crippen LogP contribution < -0.4 is 15.9 Å². The van der Waals surface area contributed by atoms with Gasteiger partial charge in [-0.25, -0.2) is 0 Å². The van der Waals surface area contributed by atoms with Crippen LogP contribution in [0.2, 0.25) is 0 Å². The third-order valence-corrected chi connectivity index (χ3v) is 8.76. The van der Waals surface area contributed by atoms with E-state index in [0.717, 1.165) is 0 Å². The van der Waals surface area contributed by atoms with Crippen molar-refractivity contribution in [1.82, 2.24) is 0 Å². The number of carbonyl (C=O) groups excluding carboxylic acids is 1. The van der Waals surface area contributed by atoms with E-state index in [1.54, 1.807) is 6.08 Å². The van der Waals surface area contributed by atoms with Crippen molar-refractivity contribution in [2.75, 3.05) is 7.11 Å². The van der Waals surface area contributed by atoms with Crippen LogP contribution in [0.1, 0.15) is 0 Å². The average Bonchev–Trinajstić information content (AvgIpc) is 2.71. The molecule has 3 aromatic rings. The van der Waals surface area contributed by atoms with Crippen LogP contribution in [-0.4, -0.2) is 13.1 Å². The van der Waals surface area contributed by atoms with Gasteiger partial charge in [-0.15, -0.1) is 0 Å². The van der Waals surface area contributed by atoms with Crippen molar-refractivity contribution in [3.05, 3.63) is 103 Å². The summed E-state index contributed by atoms with van der Waals surface area (Å²) >= 11 is 0. The fourth-order valence-corrected chi connectivity index (χ4v) is 7.27. The number of hydrogen-bond acceptors (Lipinski definition) is 2. The van der Waals surface area contributed by atoms with E-state index in [9.17, 15) is 4.79 Å². The first-order chi connectivity index (χ1) is 12.3. The van der Waals surface area contributed by atoms with Gasteiger partial charge in [0.1, 0.15) is 0 Å². The Balaban J connectivity index is 2.31. The van der Waals surface area contributed by atoms with Gasteiger partial charge in [0.2, 0.25) is 0 Å². The van der Waals surface area contributed by atoms with E-state index in [4.69, 9.17) is 4.74 Å². The molecule has 0 saturated heterocycles. The van der Waals surface area contributed by atoms with Crippen molar-refractivity contribution in [1.29, 1.82) is 0 Å². The van der Waals surface area contributed by atoms with Crippen LogP contribution in [0.15, 0.2) is 103 Å². The van der Waals surface area contributed by atoms with E-state index >= 15 is 0 Å². The molecule has 3 rings (SSSR count). The number of esters is 1. The number of hydrogen-bond donors (Lipinski definition) is 0. The minimum absolute atomic E-state index is 0.334. The predicted molar refractivity (Wildman–Crippen MR) is 108 cm³/mol. The second-order valence-corrected chi connectivity index (χ2v) is 9.44. The molecule has 25 heavy (non-hydrogen) atoms. The zero-order chi connectivity index (χ0) is 17.5. The van der Waals surface area contributed by atoms with E-state index in [2.05, 4.69) is 78.6 Å². The summed E-state index contributed by atoms with van der Waals surface area (Å²) in [6.45, 7) is 0. The second kappa shape index (κ2) is 7.92. The molecular weight excluding hydrogens is 327 g/mol. The number of rotatable bonds is 5. The van der Waals surface area contributed by atoms with Crippen LogP contribution in [0.4, 0.5) is 0 Å². The molecule has 0 N–H and O–H groups in total. The Hall–Kier alpha value is -2.70. The monoisotopic (exact) mass is 348 g/mol. The van der Waals surface area contributed by atoms with Crippen molar-refractivity contribution in [3.8, 4) is 0 Å². The maximum absolute atomic E-state index is 11.9. The van der Waals surface area contributed by atoms with Gasteiger partial charge in [0.05, 0.1) is 0 Å². The summed E-state index contributed by atoms with van der Waals surface area (Å²) in [6.07, 6.45) is 1.57. The third-order valence-electron chi connectivity index (χ3n) is 4.36. The van der Waals surface area contributed by atoms with Gasteiger partial charge >= 0.3 is 149 Å². The molecule has 0 heterocycles. The van der Waals surface area contributed by atoms with Crippen molar-refractivity contribution in [2.45, 2.75) is 0 Å². The summed E-state index contributed by atoms with van der Waals surface area (Å²) in [4.78, 5) is 11.9. The van der Waals surface area contributed by atoms with E-state index in [1.165, 1.54) is 23.0 Å². The Morgan fingerprint density at radius 3 is 1.40 bits per heavy atom. The molecular formula is C22H21O2P. The fourth-order valence-electron chi connectivity index (χ4n) is 3.15. The first-order valence-electron chi connectivity index (χ1n) is 8.21. The molecule has 0 amide bonds. The first-order valence-corrected chi connectivity index (χ1v) is 10.3. The molecule has 0 aliphatic rings. The standard InChI is InChI=1S/C22H21O2P/c1-24-22(23)17-18-25(19-11-5-2-6-12-19,20-13-7-3-8-14-20)21-15-9-4-10-16-21/h2-18,25H,1H3. The van der Waals surface area contributed by atoms with Crippen LogP contribution >= 0.6 is 7.26 Å². The molecule has 0 saturated carbocycles. The number of methoxy groups -OCH3 is 1. The van der Waals surface area contributed by atoms with Crippen molar-refractivity contribution >= 4 is 29.1 Å². The molecule has 0 unspecified atom stereocenters. The van der Waals surface area contributed by atoms with Gasteiger partial charge in [-0.05, 0) is 0 Å². The SMILES string of the molecule is COC(=O)C=C[PH](c1ccccc1)(c1ccccc1)c1ccccc1. The van der Waals surface area contributed by atoms with Gasteiger partial charge in [-0.2, -0.15) is 0 Å².